The molecule has 2 aliphatic rings. The number of hydrogen-bond donors (Lipinski definition) is 0. The van der Waals surface area contributed by atoms with Crippen molar-refractivity contribution in [1.29, 1.82) is 0 Å². The van der Waals surface area contributed by atoms with Crippen LogP contribution < -0.4 is 16.4 Å². The lowest BCUT2D eigenvalue weighted by Crippen LogP contribution is -2.59. The SMILES string of the molecule is CC(C)(C)c1ccc2c(c1)c1cc(C(C)(C)C)cc3c1n2-c1cc(-c2ccc(-c4nc(-c5ccccc5)nc(-c5ccccc5)n4)cc2)cc2c1B3c1cc(C(C)(C)C)cc3c4cc(C(C)(C)C)ccc4n-2c13. The zero-order valence-corrected chi connectivity index (χ0v) is 44.3. The van der Waals surface area contributed by atoms with Gasteiger partial charge in [0.2, 0.25) is 0 Å². The van der Waals surface area contributed by atoms with Gasteiger partial charge < -0.3 is 9.13 Å². The van der Waals surface area contributed by atoms with Crippen molar-refractivity contribution in [2.45, 2.75) is 105 Å². The number of aromatic nitrogens is 5. The predicted molar refractivity (Wildman–Crippen MR) is 310 cm³/mol. The molecule has 8 aromatic carbocycles. The molecule has 0 amide bonds. The van der Waals surface area contributed by atoms with Crippen molar-refractivity contribution in [2.24, 2.45) is 0 Å². The Morgan fingerprint density at radius 1 is 0.329 bits per heavy atom. The van der Waals surface area contributed by atoms with Gasteiger partial charge in [-0.1, -0.05) is 192 Å². The molecule has 11 aromatic rings. The fourth-order valence-corrected chi connectivity index (χ4v) is 11.8. The summed E-state index contributed by atoms with van der Waals surface area (Å²) in [4.78, 5) is 15.2. The van der Waals surface area contributed by atoms with Crippen LogP contribution in [-0.4, -0.2) is 30.8 Å². The molecule has 13 rings (SSSR count). The molecule has 0 aliphatic carbocycles. The highest BCUT2D eigenvalue weighted by atomic mass is 15.0. The van der Waals surface area contributed by atoms with Crippen molar-refractivity contribution in [3.8, 4) is 56.7 Å². The standard InChI is InChI=1S/C67H62BN5/c1-64(2,3)44-27-29-54-48(33-44)50-35-46(66(7,8)9)37-52-59(50)72(54)56-31-43(39-23-25-42(26-24-39)63-70-61(40-19-15-13-16-20-40)69-62(71-63)41-21-17-14-18-22-41)32-57-58(56)68(52)53-38-47(67(10,11)12)36-51-49-34-45(65(4,5)6)28-30-55(49)73(57)60(51)53/h13-38H,1-12H3. The summed E-state index contributed by atoms with van der Waals surface area (Å²) in [5.74, 6) is 1.95. The van der Waals surface area contributed by atoms with Gasteiger partial charge in [-0.2, -0.15) is 0 Å². The quantitative estimate of drug-likeness (QED) is 0.165. The van der Waals surface area contributed by atoms with Gasteiger partial charge in [-0.05, 0) is 120 Å². The molecule has 0 saturated heterocycles. The van der Waals surface area contributed by atoms with Crippen LogP contribution in [0.15, 0.2) is 158 Å². The van der Waals surface area contributed by atoms with Crippen molar-refractivity contribution in [3.63, 3.8) is 0 Å². The molecular weight excluding hydrogens is 886 g/mol. The van der Waals surface area contributed by atoms with E-state index >= 15 is 0 Å². The first-order valence-electron chi connectivity index (χ1n) is 26.1. The third-order valence-corrected chi connectivity index (χ3v) is 16.0. The molecule has 0 atom stereocenters. The van der Waals surface area contributed by atoms with E-state index in [9.17, 15) is 0 Å². The van der Waals surface area contributed by atoms with E-state index in [1.165, 1.54) is 93.6 Å². The average molecular weight is 948 g/mol. The van der Waals surface area contributed by atoms with E-state index in [2.05, 4.69) is 214 Å². The largest absolute Gasteiger partial charge is 0.310 e. The van der Waals surface area contributed by atoms with Crippen LogP contribution in [0.3, 0.4) is 0 Å². The molecule has 6 heteroatoms. The maximum absolute atomic E-state index is 5.09. The predicted octanol–water partition coefficient (Wildman–Crippen LogP) is 15.1. The molecule has 358 valence electrons. The van der Waals surface area contributed by atoms with Crippen LogP contribution in [-0.2, 0) is 21.7 Å². The normalized spacial score (nSPS) is 13.5. The first kappa shape index (κ1) is 45.3. The summed E-state index contributed by atoms with van der Waals surface area (Å²) in [7, 11) is 0. The van der Waals surface area contributed by atoms with Gasteiger partial charge in [0, 0.05) is 60.6 Å². The first-order valence-corrected chi connectivity index (χ1v) is 26.1. The third-order valence-electron chi connectivity index (χ3n) is 16.0. The lowest BCUT2D eigenvalue weighted by atomic mass is 9.34. The van der Waals surface area contributed by atoms with E-state index in [0.717, 1.165) is 27.8 Å². The fourth-order valence-electron chi connectivity index (χ4n) is 11.8. The second-order valence-corrected chi connectivity index (χ2v) is 25.0. The van der Waals surface area contributed by atoms with Gasteiger partial charge in [-0.15, -0.1) is 0 Å². The molecule has 0 spiro atoms. The number of nitrogens with zero attached hydrogens (tertiary/aromatic N) is 5. The number of benzene rings is 8. The first-order chi connectivity index (χ1) is 34.7. The second kappa shape index (κ2) is 15.5. The maximum Gasteiger partial charge on any atom is 0.252 e. The molecule has 0 N–H and O–H groups in total. The highest BCUT2D eigenvalue weighted by molar-refractivity contribution is 7.00. The lowest BCUT2D eigenvalue weighted by Gasteiger charge is -2.36. The van der Waals surface area contributed by atoms with Crippen molar-refractivity contribution in [3.05, 3.63) is 180 Å². The van der Waals surface area contributed by atoms with Crippen LogP contribution in [0.5, 0.6) is 0 Å². The van der Waals surface area contributed by atoms with Crippen LogP contribution in [0.2, 0.25) is 0 Å². The summed E-state index contributed by atoms with van der Waals surface area (Å²) in [6, 6.07) is 59.0. The second-order valence-electron chi connectivity index (χ2n) is 25.0. The van der Waals surface area contributed by atoms with Crippen molar-refractivity contribution in [2.75, 3.05) is 0 Å². The Morgan fingerprint density at radius 2 is 0.685 bits per heavy atom. The van der Waals surface area contributed by atoms with Crippen molar-refractivity contribution in [1.82, 2.24) is 24.1 Å². The van der Waals surface area contributed by atoms with E-state index in [0.29, 0.717) is 17.5 Å². The summed E-state index contributed by atoms with van der Waals surface area (Å²) in [6.07, 6.45) is 0. The Labute approximate surface area is 430 Å². The fraction of sp³-hybridized carbons (Fsp3) is 0.239. The summed E-state index contributed by atoms with van der Waals surface area (Å²) >= 11 is 0. The summed E-state index contributed by atoms with van der Waals surface area (Å²) in [6.45, 7) is 28.2. The summed E-state index contributed by atoms with van der Waals surface area (Å²) < 4.78 is 5.26. The van der Waals surface area contributed by atoms with Crippen molar-refractivity contribution >= 4 is 66.7 Å². The Morgan fingerprint density at radius 3 is 1.07 bits per heavy atom. The summed E-state index contributed by atoms with van der Waals surface area (Å²) in [5, 5.41) is 5.29. The molecule has 0 bridgehead atoms. The minimum absolute atomic E-state index is 0.00685. The van der Waals surface area contributed by atoms with Crippen LogP contribution in [0.25, 0.3) is 100 Å². The lowest BCUT2D eigenvalue weighted by molar-refractivity contribution is 0.590. The van der Waals surface area contributed by atoms with Gasteiger partial charge in [0.1, 0.15) is 0 Å². The molecule has 0 radical (unpaired) electrons. The van der Waals surface area contributed by atoms with Crippen LogP contribution in [0.1, 0.15) is 105 Å². The molecule has 2 aliphatic heterocycles. The molecule has 5 heterocycles. The van der Waals surface area contributed by atoms with E-state index in [1.54, 1.807) is 0 Å². The average Bonchev–Trinajstić information content (AvgIpc) is 3.91. The zero-order valence-electron chi connectivity index (χ0n) is 44.3. The number of fused-ring (bicyclic) bond motifs is 10. The minimum atomic E-state index is -0.0666. The Hall–Kier alpha value is -7.57. The maximum atomic E-state index is 5.09. The molecule has 5 nitrogen and oxygen atoms in total. The van der Waals surface area contributed by atoms with E-state index < -0.39 is 0 Å². The van der Waals surface area contributed by atoms with Crippen LogP contribution in [0.4, 0.5) is 0 Å². The topological polar surface area (TPSA) is 48.5 Å². The van der Waals surface area contributed by atoms with Crippen molar-refractivity contribution < 1.29 is 0 Å². The molecule has 0 saturated carbocycles. The zero-order chi connectivity index (χ0) is 50.7. The van der Waals surface area contributed by atoms with E-state index in [4.69, 9.17) is 15.0 Å². The van der Waals surface area contributed by atoms with E-state index in [1.807, 2.05) is 36.4 Å². The molecular formula is C67H62BN5. The van der Waals surface area contributed by atoms with E-state index in [-0.39, 0.29) is 28.4 Å². The number of hydrogen-bond acceptors (Lipinski definition) is 3. The van der Waals surface area contributed by atoms with Gasteiger partial charge >= 0.3 is 0 Å². The summed E-state index contributed by atoms with van der Waals surface area (Å²) in [5.41, 5.74) is 22.2. The molecule has 73 heavy (non-hydrogen) atoms. The Kier molecular flexibility index (Phi) is 9.61. The van der Waals surface area contributed by atoms with Gasteiger partial charge in [0.25, 0.3) is 6.71 Å². The van der Waals surface area contributed by atoms with Gasteiger partial charge in [-0.3, -0.25) is 0 Å². The highest BCUT2D eigenvalue weighted by Crippen LogP contribution is 2.44. The minimum Gasteiger partial charge on any atom is -0.310 e. The van der Waals surface area contributed by atoms with Crippen LogP contribution >= 0.6 is 0 Å². The van der Waals surface area contributed by atoms with Gasteiger partial charge in [0.15, 0.2) is 17.5 Å². The molecule has 0 unspecified atom stereocenters. The monoisotopic (exact) mass is 948 g/mol. The third kappa shape index (κ3) is 7.07. The molecule has 3 aromatic heterocycles. The highest BCUT2D eigenvalue weighted by Gasteiger charge is 2.43. The number of rotatable bonds is 4. The Balaban J connectivity index is 1.11. The van der Waals surface area contributed by atoms with Crippen LogP contribution in [0, 0.1) is 0 Å². The molecule has 0 fully saturated rings. The smallest absolute Gasteiger partial charge is 0.252 e. The Bertz CT molecular complexity index is 3860. The van der Waals surface area contributed by atoms with Gasteiger partial charge in [0.05, 0.1) is 11.0 Å². The van der Waals surface area contributed by atoms with Gasteiger partial charge in [-0.25, -0.2) is 15.0 Å².